The van der Waals surface area contributed by atoms with E-state index in [4.69, 9.17) is 0 Å². The van der Waals surface area contributed by atoms with Gasteiger partial charge in [0.15, 0.2) is 0 Å². The number of hydrogen-bond donors (Lipinski definition) is 1. The lowest BCUT2D eigenvalue weighted by atomic mass is 10.4. The summed E-state index contributed by atoms with van der Waals surface area (Å²) < 4.78 is 0. The maximum Gasteiger partial charge on any atom is 0.129 e. The Labute approximate surface area is 98.1 Å². The van der Waals surface area contributed by atoms with Gasteiger partial charge in [0.05, 0.1) is 0 Å². The fourth-order valence-electron chi connectivity index (χ4n) is 1.64. The molecule has 0 saturated heterocycles. The molecule has 4 nitrogen and oxygen atoms in total. The highest BCUT2D eigenvalue weighted by Gasteiger charge is 2.00. The molecule has 90 valence electrons. The molecule has 0 aliphatic rings. The first-order chi connectivity index (χ1) is 7.76. The molecule has 0 aliphatic carbocycles. The predicted octanol–water partition coefficient (Wildman–Crippen LogP) is 1.93. The van der Waals surface area contributed by atoms with E-state index in [1.165, 1.54) is 13.0 Å². The van der Waals surface area contributed by atoms with E-state index >= 15 is 0 Å². The Morgan fingerprint density at radius 1 is 1.31 bits per heavy atom. The summed E-state index contributed by atoms with van der Waals surface area (Å²) >= 11 is 0. The standard InChI is InChI=1S/C12H22N4/c1-4-9-16(5-2)10-8-14-12-6-7-13-11(3)15-12/h6-7H,4-5,8-10H2,1-3H3,(H,13,14,15). The van der Waals surface area contributed by atoms with Crippen LogP contribution in [0.3, 0.4) is 0 Å². The van der Waals surface area contributed by atoms with Gasteiger partial charge in [-0.15, -0.1) is 0 Å². The van der Waals surface area contributed by atoms with Crippen LogP contribution in [0.15, 0.2) is 12.3 Å². The Bertz CT molecular complexity index is 301. The average molecular weight is 222 g/mol. The maximum atomic E-state index is 4.30. The minimum Gasteiger partial charge on any atom is -0.369 e. The summed E-state index contributed by atoms with van der Waals surface area (Å²) in [7, 11) is 0. The number of likely N-dealkylation sites (N-methyl/N-ethyl adjacent to an activating group) is 1. The molecule has 0 saturated carbocycles. The van der Waals surface area contributed by atoms with Crippen LogP contribution in [0.25, 0.3) is 0 Å². The van der Waals surface area contributed by atoms with Crippen LogP contribution in [0.4, 0.5) is 5.82 Å². The second kappa shape index (κ2) is 7.17. The van der Waals surface area contributed by atoms with Gasteiger partial charge in [-0.1, -0.05) is 13.8 Å². The number of anilines is 1. The van der Waals surface area contributed by atoms with Crippen LogP contribution in [0.1, 0.15) is 26.1 Å². The topological polar surface area (TPSA) is 41.0 Å². The molecule has 16 heavy (non-hydrogen) atoms. The van der Waals surface area contributed by atoms with Gasteiger partial charge in [-0.25, -0.2) is 9.97 Å². The fourth-order valence-corrected chi connectivity index (χ4v) is 1.64. The summed E-state index contributed by atoms with van der Waals surface area (Å²) in [5, 5.41) is 3.32. The molecule has 0 aromatic carbocycles. The summed E-state index contributed by atoms with van der Waals surface area (Å²) in [6.45, 7) is 10.6. The van der Waals surface area contributed by atoms with E-state index in [1.807, 2.05) is 13.0 Å². The first-order valence-corrected chi connectivity index (χ1v) is 6.02. The molecule has 4 heteroatoms. The monoisotopic (exact) mass is 222 g/mol. The molecular weight excluding hydrogens is 200 g/mol. The lowest BCUT2D eigenvalue weighted by molar-refractivity contribution is 0.300. The second-order valence-corrected chi connectivity index (χ2v) is 3.85. The number of aryl methyl sites for hydroxylation is 1. The van der Waals surface area contributed by atoms with E-state index in [0.29, 0.717) is 0 Å². The third-order valence-corrected chi connectivity index (χ3v) is 2.50. The van der Waals surface area contributed by atoms with Crippen molar-refractivity contribution in [3.63, 3.8) is 0 Å². The van der Waals surface area contributed by atoms with Crippen LogP contribution in [0.2, 0.25) is 0 Å². The van der Waals surface area contributed by atoms with Crippen molar-refractivity contribution in [3.8, 4) is 0 Å². The van der Waals surface area contributed by atoms with Gasteiger partial charge < -0.3 is 10.2 Å². The summed E-state index contributed by atoms with van der Waals surface area (Å²) in [6.07, 6.45) is 2.99. The van der Waals surface area contributed by atoms with Gasteiger partial charge in [0.1, 0.15) is 11.6 Å². The quantitative estimate of drug-likeness (QED) is 0.765. The normalized spacial score (nSPS) is 10.8. The van der Waals surface area contributed by atoms with Crippen molar-refractivity contribution < 1.29 is 0 Å². The van der Waals surface area contributed by atoms with E-state index in [2.05, 4.69) is 34.0 Å². The van der Waals surface area contributed by atoms with Crippen molar-refractivity contribution in [1.29, 1.82) is 0 Å². The van der Waals surface area contributed by atoms with Gasteiger partial charge in [0.25, 0.3) is 0 Å². The third-order valence-electron chi connectivity index (χ3n) is 2.50. The van der Waals surface area contributed by atoms with Crippen LogP contribution in [-0.4, -0.2) is 41.0 Å². The molecule has 0 bridgehead atoms. The molecule has 1 aromatic rings. The van der Waals surface area contributed by atoms with Crippen molar-refractivity contribution in [1.82, 2.24) is 14.9 Å². The van der Waals surface area contributed by atoms with E-state index in [9.17, 15) is 0 Å². The Hall–Kier alpha value is -1.16. The molecule has 0 amide bonds. The van der Waals surface area contributed by atoms with Crippen molar-refractivity contribution in [2.75, 3.05) is 31.5 Å². The molecule has 1 rings (SSSR count). The van der Waals surface area contributed by atoms with Crippen LogP contribution < -0.4 is 5.32 Å². The van der Waals surface area contributed by atoms with Crippen LogP contribution in [0, 0.1) is 6.92 Å². The SMILES string of the molecule is CCCN(CC)CCNc1ccnc(C)n1. The molecule has 1 heterocycles. The highest BCUT2D eigenvalue weighted by Crippen LogP contribution is 2.00. The number of nitrogens with zero attached hydrogens (tertiary/aromatic N) is 3. The van der Waals surface area contributed by atoms with Gasteiger partial charge in [-0.3, -0.25) is 0 Å². The van der Waals surface area contributed by atoms with Crippen LogP contribution >= 0.6 is 0 Å². The summed E-state index contributed by atoms with van der Waals surface area (Å²) in [5.41, 5.74) is 0. The van der Waals surface area contributed by atoms with Crippen LogP contribution in [-0.2, 0) is 0 Å². The van der Waals surface area contributed by atoms with Crippen molar-refractivity contribution in [3.05, 3.63) is 18.1 Å². The lowest BCUT2D eigenvalue weighted by Crippen LogP contribution is -2.29. The molecular formula is C12H22N4. The zero-order valence-electron chi connectivity index (χ0n) is 10.5. The molecule has 1 aromatic heterocycles. The summed E-state index contributed by atoms with van der Waals surface area (Å²) in [5.74, 6) is 1.73. The third kappa shape index (κ3) is 4.57. The average Bonchev–Trinajstić information content (AvgIpc) is 2.28. The first-order valence-electron chi connectivity index (χ1n) is 6.02. The summed E-state index contributed by atoms with van der Waals surface area (Å²) in [4.78, 5) is 10.8. The molecule has 1 N–H and O–H groups in total. The summed E-state index contributed by atoms with van der Waals surface area (Å²) in [6, 6.07) is 1.91. The maximum absolute atomic E-state index is 4.30. The largest absolute Gasteiger partial charge is 0.369 e. The van der Waals surface area contributed by atoms with Gasteiger partial charge in [-0.2, -0.15) is 0 Å². The Kier molecular flexibility index (Phi) is 5.78. The van der Waals surface area contributed by atoms with Crippen molar-refractivity contribution in [2.45, 2.75) is 27.2 Å². The first kappa shape index (κ1) is 12.9. The molecule has 0 aliphatic heterocycles. The highest BCUT2D eigenvalue weighted by molar-refractivity contribution is 5.32. The number of hydrogen-bond acceptors (Lipinski definition) is 4. The number of rotatable bonds is 7. The van der Waals surface area contributed by atoms with Crippen LogP contribution in [0.5, 0.6) is 0 Å². The Morgan fingerprint density at radius 3 is 2.75 bits per heavy atom. The number of aromatic nitrogens is 2. The minimum atomic E-state index is 0.811. The molecule has 0 radical (unpaired) electrons. The van der Waals surface area contributed by atoms with Crippen molar-refractivity contribution in [2.24, 2.45) is 0 Å². The second-order valence-electron chi connectivity index (χ2n) is 3.85. The van der Waals surface area contributed by atoms with E-state index in [1.54, 1.807) is 6.20 Å². The fraction of sp³-hybridized carbons (Fsp3) is 0.667. The zero-order chi connectivity index (χ0) is 11.8. The highest BCUT2D eigenvalue weighted by atomic mass is 15.1. The van der Waals surface area contributed by atoms with E-state index in [-0.39, 0.29) is 0 Å². The smallest absolute Gasteiger partial charge is 0.129 e. The van der Waals surface area contributed by atoms with E-state index in [0.717, 1.165) is 31.3 Å². The van der Waals surface area contributed by atoms with Crippen molar-refractivity contribution >= 4 is 5.82 Å². The molecule has 0 spiro atoms. The molecule has 0 unspecified atom stereocenters. The van der Waals surface area contributed by atoms with E-state index < -0.39 is 0 Å². The molecule has 0 fully saturated rings. The predicted molar refractivity (Wildman–Crippen MR) is 67.7 cm³/mol. The minimum absolute atomic E-state index is 0.811. The van der Waals surface area contributed by atoms with Gasteiger partial charge in [-0.05, 0) is 32.5 Å². The van der Waals surface area contributed by atoms with Gasteiger partial charge in [0.2, 0.25) is 0 Å². The molecule has 0 atom stereocenters. The lowest BCUT2D eigenvalue weighted by Gasteiger charge is -2.19. The van der Waals surface area contributed by atoms with Gasteiger partial charge >= 0.3 is 0 Å². The Morgan fingerprint density at radius 2 is 2.12 bits per heavy atom. The zero-order valence-corrected chi connectivity index (χ0v) is 10.5. The number of nitrogens with one attached hydrogen (secondary N) is 1. The van der Waals surface area contributed by atoms with Gasteiger partial charge in [0, 0.05) is 19.3 Å². The Balaban J connectivity index is 2.29.